The summed E-state index contributed by atoms with van der Waals surface area (Å²) >= 11 is 0. The highest BCUT2D eigenvalue weighted by atomic mass is 15.2. The van der Waals surface area contributed by atoms with E-state index in [1.54, 1.807) is 0 Å². The number of rotatable bonds is 8. The monoisotopic (exact) mass is 268 g/mol. The molecule has 1 atom stereocenters. The minimum atomic E-state index is 0.581. The van der Waals surface area contributed by atoms with Crippen LogP contribution in [0.15, 0.2) is 0 Å². The first-order valence-corrected chi connectivity index (χ1v) is 8.43. The number of hydrogen-bond acceptors (Lipinski definition) is 2. The Hall–Kier alpha value is -0.0800. The van der Waals surface area contributed by atoms with Gasteiger partial charge in [-0.2, -0.15) is 0 Å². The first kappa shape index (κ1) is 17.0. The predicted molar refractivity (Wildman–Crippen MR) is 85.7 cm³/mol. The average Bonchev–Trinajstić information content (AvgIpc) is 2.37. The zero-order valence-electron chi connectivity index (χ0n) is 14.0. The molecule has 1 rings (SSSR count). The molecule has 0 heterocycles. The minimum Gasteiger partial charge on any atom is -0.315 e. The van der Waals surface area contributed by atoms with Gasteiger partial charge < -0.3 is 5.32 Å². The van der Waals surface area contributed by atoms with E-state index in [-0.39, 0.29) is 0 Å². The molecule has 0 radical (unpaired) electrons. The van der Waals surface area contributed by atoms with Crippen LogP contribution in [0.4, 0.5) is 0 Å². The normalized spacial score (nSPS) is 21.8. The zero-order chi connectivity index (χ0) is 14.3. The summed E-state index contributed by atoms with van der Waals surface area (Å²) in [5.74, 6) is 0. The lowest BCUT2D eigenvalue weighted by Crippen LogP contribution is -2.47. The largest absolute Gasteiger partial charge is 0.315 e. The van der Waals surface area contributed by atoms with E-state index in [9.17, 15) is 0 Å². The van der Waals surface area contributed by atoms with Crippen molar-refractivity contribution in [3.05, 3.63) is 0 Å². The first-order valence-electron chi connectivity index (χ1n) is 8.43. The Morgan fingerprint density at radius 2 is 1.79 bits per heavy atom. The Kier molecular flexibility index (Phi) is 7.38. The topological polar surface area (TPSA) is 15.3 Å². The van der Waals surface area contributed by atoms with E-state index < -0.39 is 0 Å². The van der Waals surface area contributed by atoms with Crippen LogP contribution >= 0.6 is 0 Å². The van der Waals surface area contributed by atoms with Crippen LogP contribution in [0.2, 0.25) is 0 Å². The molecule has 2 nitrogen and oxygen atoms in total. The van der Waals surface area contributed by atoms with E-state index in [4.69, 9.17) is 0 Å². The van der Waals surface area contributed by atoms with Gasteiger partial charge in [-0.15, -0.1) is 0 Å². The molecule has 1 aliphatic rings. The molecule has 0 aliphatic heterocycles. The van der Waals surface area contributed by atoms with Crippen molar-refractivity contribution in [3.8, 4) is 0 Å². The summed E-state index contributed by atoms with van der Waals surface area (Å²) in [5, 5.41) is 3.61. The molecule has 114 valence electrons. The molecule has 2 heteroatoms. The fraction of sp³-hybridized carbons (Fsp3) is 1.00. The molecular weight excluding hydrogens is 232 g/mol. The molecule has 1 N–H and O–H groups in total. The second-order valence-corrected chi connectivity index (χ2v) is 7.21. The van der Waals surface area contributed by atoms with Crippen LogP contribution in [-0.4, -0.2) is 37.1 Å². The predicted octanol–water partition coefficient (Wildman–Crippen LogP) is 4.06. The molecule has 1 fully saturated rings. The SMILES string of the molecule is CCCNCC(CCC)N(C)C1CCC(C)(C)CC1. The molecule has 1 aliphatic carbocycles. The molecular formula is C17H36N2. The van der Waals surface area contributed by atoms with Gasteiger partial charge in [-0.25, -0.2) is 0 Å². The lowest BCUT2D eigenvalue weighted by atomic mass is 9.75. The highest BCUT2D eigenvalue weighted by Crippen LogP contribution is 2.37. The molecule has 19 heavy (non-hydrogen) atoms. The lowest BCUT2D eigenvalue weighted by Gasteiger charge is -2.42. The van der Waals surface area contributed by atoms with Gasteiger partial charge in [0.2, 0.25) is 0 Å². The van der Waals surface area contributed by atoms with Crippen LogP contribution in [0, 0.1) is 5.41 Å². The molecule has 0 amide bonds. The highest BCUT2D eigenvalue weighted by molar-refractivity contribution is 4.86. The average molecular weight is 268 g/mol. The third-order valence-electron chi connectivity index (χ3n) is 4.89. The third-order valence-corrected chi connectivity index (χ3v) is 4.89. The van der Waals surface area contributed by atoms with Crippen molar-refractivity contribution in [3.63, 3.8) is 0 Å². The van der Waals surface area contributed by atoms with Crippen molar-refractivity contribution >= 4 is 0 Å². The summed E-state index contributed by atoms with van der Waals surface area (Å²) < 4.78 is 0. The maximum atomic E-state index is 3.61. The standard InChI is InChI=1S/C17H36N2/c1-6-8-16(14-18-13-7-2)19(5)15-9-11-17(3,4)12-10-15/h15-16,18H,6-14H2,1-5H3. The summed E-state index contributed by atoms with van der Waals surface area (Å²) in [6.45, 7) is 11.7. The number of nitrogens with one attached hydrogen (secondary N) is 1. The molecule has 0 aromatic heterocycles. The van der Waals surface area contributed by atoms with Gasteiger partial charge in [0, 0.05) is 18.6 Å². The van der Waals surface area contributed by atoms with E-state index >= 15 is 0 Å². The van der Waals surface area contributed by atoms with E-state index in [2.05, 4.69) is 45.0 Å². The molecule has 0 aromatic rings. The van der Waals surface area contributed by atoms with Crippen molar-refractivity contribution in [2.24, 2.45) is 5.41 Å². The highest BCUT2D eigenvalue weighted by Gasteiger charge is 2.30. The van der Waals surface area contributed by atoms with E-state index in [1.807, 2.05) is 0 Å². The summed E-state index contributed by atoms with van der Waals surface area (Å²) in [5.41, 5.74) is 0.581. The summed E-state index contributed by atoms with van der Waals surface area (Å²) in [4.78, 5) is 2.68. The van der Waals surface area contributed by atoms with E-state index in [1.165, 1.54) is 44.9 Å². The van der Waals surface area contributed by atoms with Gasteiger partial charge in [-0.1, -0.05) is 34.1 Å². The number of nitrogens with zero attached hydrogens (tertiary/aromatic N) is 1. The lowest BCUT2D eigenvalue weighted by molar-refractivity contribution is 0.0897. The summed E-state index contributed by atoms with van der Waals surface area (Å²) in [7, 11) is 2.36. The van der Waals surface area contributed by atoms with Crippen LogP contribution < -0.4 is 5.32 Å². The summed E-state index contributed by atoms with van der Waals surface area (Å²) in [6.07, 6.45) is 9.41. The Labute approximate surface area is 121 Å². The minimum absolute atomic E-state index is 0.581. The Morgan fingerprint density at radius 1 is 1.16 bits per heavy atom. The maximum Gasteiger partial charge on any atom is 0.0220 e. The Balaban J connectivity index is 2.44. The fourth-order valence-corrected chi connectivity index (χ4v) is 3.32. The van der Waals surface area contributed by atoms with Crippen LogP contribution in [-0.2, 0) is 0 Å². The van der Waals surface area contributed by atoms with Gasteiger partial charge in [0.25, 0.3) is 0 Å². The zero-order valence-corrected chi connectivity index (χ0v) is 14.0. The van der Waals surface area contributed by atoms with Crippen molar-refractivity contribution in [2.45, 2.75) is 84.7 Å². The van der Waals surface area contributed by atoms with E-state index in [0.717, 1.165) is 25.2 Å². The van der Waals surface area contributed by atoms with Crippen molar-refractivity contribution in [1.29, 1.82) is 0 Å². The molecule has 0 spiro atoms. The smallest absolute Gasteiger partial charge is 0.0220 e. The van der Waals surface area contributed by atoms with Gasteiger partial charge in [-0.05, 0) is 57.5 Å². The van der Waals surface area contributed by atoms with Gasteiger partial charge in [0.1, 0.15) is 0 Å². The van der Waals surface area contributed by atoms with Gasteiger partial charge >= 0.3 is 0 Å². The van der Waals surface area contributed by atoms with Crippen molar-refractivity contribution < 1.29 is 0 Å². The number of hydrogen-bond donors (Lipinski definition) is 1. The molecule has 1 unspecified atom stereocenters. The van der Waals surface area contributed by atoms with Crippen LogP contribution in [0.1, 0.15) is 72.6 Å². The van der Waals surface area contributed by atoms with Gasteiger partial charge in [0.15, 0.2) is 0 Å². The molecule has 0 aromatic carbocycles. The Bertz CT molecular complexity index is 227. The van der Waals surface area contributed by atoms with E-state index in [0.29, 0.717) is 5.41 Å². The van der Waals surface area contributed by atoms with Crippen molar-refractivity contribution in [1.82, 2.24) is 10.2 Å². The quantitative estimate of drug-likeness (QED) is 0.668. The van der Waals surface area contributed by atoms with Gasteiger partial charge in [0.05, 0.1) is 0 Å². The summed E-state index contributed by atoms with van der Waals surface area (Å²) in [6, 6.07) is 1.54. The fourth-order valence-electron chi connectivity index (χ4n) is 3.32. The molecule has 0 bridgehead atoms. The molecule has 1 saturated carbocycles. The van der Waals surface area contributed by atoms with Gasteiger partial charge in [-0.3, -0.25) is 4.90 Å². The first-order chi connectivity index (χ1) is 9.00. The third kappa shape index (κ3) is 5.83. The second kappa shape index (κ2) is 8.26. The molecule has 0 saturated heterocycles. The maximum absolute atomic E-state index is 3.61. The number of likely N-dealkylation sites (N-methyl/N-ethyl adjacent to an activating group) is 1. The van der Waals surface area contributed by atoms with Crippen LogP contribution in [0.5, 0.6) is 0 Å². The second-order valence-electron chi connectivity index (χ2n) is 7.21. The Morgan fingerprint density at radius 3 is 2.32 bits per heavy atom. The van der Waals surface area contributed by atoms with Crippen molar-refractivity contribution in [2.75, 3.05) is 20.1 Å². The van der Waals surface area contributed by atoms with Crippen LogP contribution in [0.25, 0.3) is 0 Å². The van der Waals surface area contributed by atoms with Crippen LogP contribution in [0.3, 0.4) is 0 Å².